The first-order valence-corrected chi connectivity index (χ1v) is 6.59. The molecule has 1 aromatic heterocycles. The van der Waals surface area contributed by atoms with Gasteiger partial charge in [0, 0.05) is 23.7 Å². The average molecular weight is 289 g/mol. The molecule has 0 radical (unpaired) electrons. The number of aromatic nitrogens is 1. The summed E-state index contributed by atoms with van der Waals surface area (Å²) < 4.78 is 5.14. The molecule has 21 heavy (non-hydrogen) atoms. The molecule has 2 rings (SSSR count). The molecule has 4 N–H and O–H groups in total. The molecule has 112 valence electrons. The SMILES string of the molecule is CC(C)(C)OC(=O)NCc1cc2ccnc(N)c2cc1O. The number of hydrogen-bond acceptors (Lipinski definition) is 5. The van der Waals surface area contributed by atoms with Crippen LogP contribution in [0.5, 0.6) is 5.75 Å². The molecule has 0 atom stereocenters. The van der Waals surface area contributed by atoms with E-state index in [0.29, 0.717) is 16.8 Å². The number of benzene rings is 1. The summed E-state index contributed by atoms with van der Waals surface area (Å²) in [5.74, 6) is 0.410. The summed E-state index contributed by atoms with van der Waals surface area (Å²) in [5, 5.41) is 14.1. The van der Waals surface area contributed by atoms with Gasteiger partial charge in [-0.2, -0.15) is 0 Å². The van der Waals surface area contributed by atoms with Crippen LogP contribution in [0.4, 0.5) is 10.6 Å². The summed E-state index contributed by atoms with van der Waals surface area (Å²) in [6.07, 6.45) is 1.07. The van der Waals surface area contributed by atoms with Crippen LogP contribution < -0.4 is 11.1 Å². The minimum Gasteiger partial charge on any atom is -0.508 e. The summed E-state index contributed by atoms with van der Waals surface area (Å²) >= 11 is 0. The Morgan fingerprint density at radius 3 is 2.81 bits per heavy atom. The van der Waals surface area contributed by atoms with Crippen LogP contribution in [0.3, 0.4) is 0 Å². The third-order valence-corrected chi connectivity index (χ3v) is 2.82. The molecule has 0 saturated heterocycles. The maximum atomic E-state index is 11.6. The first-order chi connectivity index (χ1) is 9.76. The van der Waals surface area contributed by atoms with E-state index in [9.17, 15) is 9.90 Å². The van der Waals surface area contributed by atoms with Gasteiger partial charge in [0.15, 0.2) is 0 Å². The Hall–Kier alpha value is -2.50. The molecule has 1 heterocycles. The second kappa shape index (κ2) is 5.47. The number of pyridine rings is 1. The quantitative estimate of drug-likeness (QED) is 0.789. The van der Waals surface area contributed by atoms with Crippen molar-refractivity contribution in [1.29, 1.82) is 0 Å². The first-order valence-electron chi connectivity index (χ1n) is 6.59. The van der Waals surface area contributed by atoms with Gasteiger partial charge in [0.2, 0.25) is 0 Å². The standard InChI is InChI=1S/C15H19N3O3/c1-15(2,3)21-14(20)18-8-10-6-9-4-5-17-13(16)11(9)7-12(10)19/h4-7,19H,8H2,1-3H3,(H2,16,17)(H,18,20). The van der Waals surface area contributed by atoms with E-state index in [4.69, 9.17) is 10.5 Å². The van der Waals surface area contributed by atoms with Crippen molar-refractivity contribution < 1.29 is 14.6 Å². The molecule has 0 unspecified atom stereocenters. The number of aromatic hydroxyl groups is 1. The van der Waals surface area contributed by atoms with Gasteiger partial charge in [0.1, 0.15) is 17.2 Å². The van der Waals surface area contributed by atoms with Crippen molar-refractivity contribution in [2.75, 3.05) is 5.73 Å². The lowest BCUT2D eigenvalue weighted by Crippen LogP contribution is -2.32. The molecule has 0 aliphatic heterocycles. The number of alkyl carbamates (subject to hydrolysis) is 1. The molecule has 0 aliphatic carbocycles. The fraction of sp³-hybridized carbons (Fsp3) is 0.333. The molecule has 0 fully saturated rings. The zero-order valence-electron chi connectivity index (χ0n) is 12.3. The molecule has 1 amide bonds. The number of anilines is 1. The first kappa shape index (κ1) is 14.9. The highest BCUT2D eigenvalue weighted by atomic mass is 16.6. The minimum atomic E-state index is -0.560. The maximum Gasteiger partial charge on any atom is 0.407 e. The van der Waals surface area contributed by atoms with Gasteiger partial charge in [0.25, 0.3) is 0 Å². The van der Waals surface area contributed by atoms with Crippen molar-refractivity contribution in [2.24, 2.45) is 0 Å². The van der Waals surface area contributed by atoms with Crippen molar-refractivity contribution in [3.8, 4) is 5.75 Å². The topological polar surface area (TPSA) is 97.5 Å². The van der Waals surface area contributed by atoms with Crippen LogP contribution >= 0.6 is 0 Å². The molecule has 6 nitrogen and oxygen atoms in total. The van der Waals surface area contributed by atoms with E-state index < -0.39 is 11.7 Å². The number of amides is 1. The highest BCUT2D eigenvalue weighted by Crippen LogP contribution is 2.27. The van der Waals surface area contributed by atoms with E-state index >= 15 is 0 Å². The number of ether oxygens (including phenoxy) is 1. The normalized spacial score (nSPS) is 11.4. The van der Waals surface area contributed by atoms with Gasteiger partial charge in [-0.15, -0.1) is 0 Å². The molecule has 2 aromatic rings. The summed E-state index contributed by atoms with van der Waals surface area (Å²) in [7, 11) is 0. The van der Waals surface area contributed by atoms with Gasteiger partial charge >= 0.3 is 6.09 Å². The van der Waals surface area contributed by atoms with Crippen molar-refractivity contribution in [2.45, 2.75) is 32.9 Å². The third kappa shape index (κ3) is 3.75. The predicted octanol–water partition coefficient (Wildman–Crippen LogP) is 2.55. The van der Waals surface area contributed by atoms with E-state index in [2.05, 4.69) is 10.3 Å². The fourth-order valence-corrected chi connectivity index (χ4v) is 1.90. The fourth-order valence-electron chi connectivity index (χ4n) is 1.90. The van der Waals surface area contributed by atoms with Crippen molar-refractivity contribution in [1.82, 2.24) is 10.3 Å². The number of nitrogens with one attached hydrogen (secondary N) is 1. The zero-order valence-corrected chi connectivity index (χ0v) is 12.3. The summed E-state index contributed by atoms with van der Waals surface area (Å²) in [4.78, 5) is 15.6. The van der Waals surface area contributed by atoms with E-state index in [-0.39, 0.29) is 12.3 Å². The number of carbonyl (C=O) groups excluding carboxylic acids is 1. The van der Waals surface area contributed by atoms with Crippen LogP contribution in [0.1, 0.15) is 26.3 Å². The Bertz CT molecular complexity index is 678. The number of nitrogens with two attached hydrogens (primary N) is 1. The van der Waals surface area contributed by atoms with E-state index in [1.807, 2.05) is 0 Å². The smallest absolute Gasteiger partial charge is 0.407 e. The minimum absolute atomic E-state index is 0.0539. The maximum absolute atomic E-state index is 11.6. The van der Waals surface area contributed by atoms with Crippen molar-refractivity contribution in [3.05, 3.63) is 30.0 Å². The molecule has 6 heteroatoms. The lowest BCUT2D eigenvalue weighted by atomic mass is 10.1. The van der Waals surface area contributed by atoms with Gasteiger partial charge in [-0.1, -0.05) is 0 Å². The molecule has 0 bridgehead atoms. The number of hydrogen-bond donors (Lipinski definition) is 3. The molecular weight excluding hydrogens is 270 g/mol. The predicted molar refractivity (Wildman–Crippen MR) is 80.9 cm³/mol. The van der Waals surface area contributed by atoms with E-state index in [1.165, 1.54) is 0 Å². The number of phenolic OH excluding ortho intramolecular Hbond substituents is 1. The van der Waals surface area contributed by atoms with Crippen LogP contribution in [0.25, 0.3) is 10.8 Å². The second-order valence-corrected chi connectivity index (χ2v) is 5.75. The Morgan fingerprint density at radius 2 is 2.14 bits per heavy atom. The van der Waals surface area contributed by atoms with E-state index in [1.54, 1.807) is 45.2 Å². The monoisotopic (exact) mass is 289 g/mol. The zero-order chi connectivity index (χ0) is 15.6. The lowest BCUT2D eigenvalue weighted by molar-refractivity contribution is 0.0523. The number of nitrogen functional groups attached to an aromatic ring is 1. The summed E-state index contributed by atoms with van der Waals surface area (Å²) in [6.45, 7) is 5.53. The number of carbonyl (C=O) groups is 1. The summed E-state index contributed by atoms with van der Waals surface area (Å²) in [6, 6.07) is 5.10. The van der Waals surface area contributed by atoms with Gasteiger partial charge < -0.3 is 20.9 Å². The van der Waals surface area contributed by atoms with Crippen molar-refractivity contribution >= 4 is 22.7 Å². The highest BCUT2D eigenvalue weighted by Gasteiger charge is 2.16. The van der Waals surface area contributed by atoms with Gasteiger partial charge in [-0.05, 0) is 44.4 Å². The van der Waals surface area contributed by atoms with Crippen LogP contribution in [-0.2, 0) is 11.3 Å². The van der Waals surface area contributed by atoms with E-state index in [0.717, 1.165) is 5.39 Å². The van der Waals surface area contributed by atoms with Crippen LogP contribution in [0.15, 0.2) is 24.4 Å². The van der Waals surface area contributed by atoms with Gasteiger partial charge in [-0.3, -0.25) is 0 Å². The number of nitrogens with zero attached hydrogens (tertiary/aromatic N) is 1. The largest absolute Gasteiger partial charge is 0.508 e. The second-order valence-electron chi connectivity index (χ2n) is 5.75. The van der Waals surface area contributed by atoms with Gasteiger partial charge in [-0.25, -0.2) is 9.78 Å². The number of fused-ring (bicyclic) bond motifs is 1. The number of rotatable bonds is 2. The third-order valence-electron chi connectivity index (χ3n) is 2.82. The number of phenols is 1. The summed E-state index contributed by atoms with van der Waals surface area (Å²) in [5.41, 5.74) is 5.78. The van der Waals surface area contributed by atoms with Gasteiger partial charge in [0.05, 0.1) is 0 Å². The molecule has 0 saturated carbocycles. The molecular formula is C15H19N3O3. The highest BCUT2D eigenvalue weighted by molar-refractivity contribution is 5.92. The molecule has 0 aliphatic rings. The van der Waals surface area contributed by atoms with Crippen LogP contribution in [-0.4, -0.2) is 21.8 Å². The van der Waals surface area contributed by atoms with Crippen LogP contribution in [0.2, 0.25) is 0 Å². The Balaban J connectivity index is 2.16. The molecule has 0 spiro atoms. The lowest BCUT2D eigenvalue weighted by Gasteiger charge is -2.19. The Kier molecular flexibility index (Phi) is 3.88. The average Bonchev–Trinajstić information content (AvgIpc) is 2.35. The molecule has 1 aromatic carbocycles. The van der Waals surface area contributed by atoms with Crippen LogP contribution in [0, 0.1) is 0 Å². The van der Waals surface area contributed by atoms with Crippen molar-refractivity contribution in [3.63, 3.8) is 0 Å². The Labute approximate surface area is 122 Å². The Morgan fingerprint density at radius 1 is 1.43 bits per heavy atom.